The van der Waals surface area contributed by atoms with Gasteiger partial charge in [0.2, 0.25) is 11.8 Å². The number of aromatic nitrogens is 2. The maximum absolute atomic E-state index is 9.09. The minimum atomic E-state index is -0.235. The van der Waals surface area contributed by atoms with Crippen LogP contribution in [0.4, 0.5) is 11.6 Å². The van der Waals surface area contributed by atoms with Crippen molar-refractivity contribution in [3.05, 3.63) is 6.20 Å². The molecule has 0 saturated carbocycles. The molecule has 0 aliphatic heterocycles. The molecule has 0 radical (unpaired) electrons. The van der Waals surface area contributed by atoms with Gasteiger partial charge in [-0.1, -0.05) is 0 Å². The zero-order chi connectivity index (χ0) is 9.68. The molecule has 72 valence electrons. The number of nitrogens with one attached hydrogen (secondary N) is 1. The largest absolute Gasteiger partial charge is 0.492 e. The molecule has 1 rings (SSSR count). The Bertz CT molecular complexity index is 279. The Morgan fingerprint density at radius 1 is 1.54 bits per heavy atom. The van der Waals surface area contributed by atoms with Crippen LogP contribution in [-0.2, 0) is 0 Å². The van der Waals surface area contributed by atoms with Gasteiger partial charge >= 0.3 is 0 Å². The Hall–Kier alpha value is -1.56. The molecule has 0 aromatic carbocycles. The van der Waals surface area contributed by atoms with Crippen molar-refractivity contribution in [1.82, 2.24) is 9.97 Å². The van der Waals surface area contributed by atoms with E-state index in [4.69, 9.17) is 15.9 Å². The predicted molar refractivity (Wildman–Crippen MR) is 48.3 cm³/mol. The Balaban J connectivity index is 2.53. The van der Waals surface area contributed by atoms with Crippen LogP contribution in [0.25, 0.3) is 0 Å². The Morgan fingerprint density at radius 3 is 2.92 bits per heavy atom. The second kappa shape index (κ2) is 4.46. The van der Waals surface area contributed by atoms with Gasteiger partial charge in [-0.25, -0.2) is 4.98 Å². The van der Waals surface area contributed by atoms with Gasteiger partial charge in [-0.3, -0.25) is 0 Å². The van der Waals surface area contributed by atoms with E-state index < -0.39 is 0 Å². The summed E-state index contributed by atoms with van der Waals surface area (Å²) in [7, 11) is 0. The quantitative estimate of drug-likeness (QED) is 0.473. The van der Waals surface area contributed by atoms with Crippen LogP contribution in [0.3, 0.4) is 0 Å². The van der Waals surface area contributed by atoms with Crippen LogP contribution in [0.2, 0.25) is 0 Å². The van der Waals surface area contributed by atoms with Crippen molar-refractivity contribution in [2.45, 2.75) is 6.42 Å². The standard InChI is InChI=1S/C7H12N4O2/c8-5-4-10-7(11-6(5)13)9-2-1-3-12/h4,12H,1-3,8H2,(H2,9,10,11,13). The summed E-state index contributed by atoms with van der Waals surface area (Å²) in [6.45, 7) is 0.661. The third kappa shape index (κ3) is 2.75. The smallest absolute Gasteiger partial charge is 0.239 e. The van der Waals surface area contributed by atoms with Gasteiger partial charge in [0, 0.05) is 13.2 Å². The van der Waals surface area contributed by atoms with E-state index >= 15 is 0 Å². The van der Waals surface area contributed by atoms with Crippen LogP contribution in [-0.4, -0.2) is 33.3 Å². The summed E-state index contributed by atoms with van der Waals surface area (Å²) in [5.41, 5.74) is 5.45. The first kappa shape index (κ1) is 9.53. The molecule has 1 aromatic rings. The molecule has 0 spiro atoms. The molecular formula is C7H12N4O2. The molecule has 0 bridgehead atoms. The normalized spacial score (nSPS) is 9.92. The number of aliphatic hydroxyl groups excluding tert-OH is 1. The average molecular weight is 184 g/mol. The Morgan fingerprint density at radius 2 is 2.31 bits per heavy atom. The molecular weight excluding hydrogens is 172 g/mol. The van der Waals surface area contributed by atoms with Gasteiger partial charge in [0.1, 0.15) is 5.69 Å². The molecule has 0 aliphatic carbocycles. The van der Waals surface area contributed by atoms with E-state index in [2.05, 4.69) is 15.3 Å². The summed E-state index contributed by atoms with van der Waals surface area (Å²) in [5, 5.41) is 20.4. The second-order valence-corrected chi connectivity index (χ2v) is 2.48. The predicted octanol–water partition coefficient (Wildman–Crippen LogP) is -0.441. The summed E-state index contributed by atoms with van der Waals surface area (Å²) in [6.07, 6.45) is 1.93. The molecule has 5 N–H and O–H groups in total. The van der Waals surface area contributed by atoms with Crippen molar-refractivity contribution in [2.24, 2.45) is 0 Å². The van der Waals surface area contributed by atoms with Crippen molar-refractivity contribution in [3.8, 4) is 5.88 Å². The zero-order valence-electron chi connectivity index (χ0n) is 7.06. The molecule has 0 amide bonds. The van der Waals surface area contributed by atoms with Crippen molar-refractivity contribution < 1.29 is 10.2 Å². The van der Waals surface area contributed by atoms with Gasteiger partial charge in [0.05, 0.1) is 6.20 Å². The van der Waals surface area contributed by atoms with Gasteiger partial charge in [-0.15, -0.1) is 0 Å². The van der Waals surface area contributed by atoms with Crippen LogP contribution in [0, 0.1) is 0 Å². The van der Waals surface area contributed by atoms with Crippen LogP contribution >= 0.6 is 0 Å². The highest BCUT2D eigenvalue weighted by Gasteiger charge is 2.00. The average Bonchev–Trinajstić information content (AvgIpc) is 2.12. The molecule has 13 heavy (non-hydrogen) atoms. The lowest BCUT2D eigenvalue weighted by Crippen LogP contribution is -2.07. The Labute approximate surface area is 75.4 Å². The molecule has 0 fully saturated rings. The van der Waals surface area contributed by atoms with Crippen LogP contribution < -0.4 is 11.1 Å². The number of nitrogen functional groups attached to an aromatic ring is 1. The number of aromatic hydroxyl groups is 1. The van der Waals surface area contributed by atoms with Crippen molar-refractivity contribution in [1.29, 1.82) is 0 Å². The molecule has 6 nitrogen and oxygen atoms in total. The number of nitrogens with zero attached hydrogens (tertiary/aromatic N) is 2. The fourth-order valence-electron chi connectivity index (χ4n) is 0.747. The van der Waals surface area contributed by atoms with Gasteiger partial charge in [0.15, 0.2) is 0 Å². The maximum Gasteiger partial charge on any atom is 0.239 e. The number of rotatable bonds is 4. The third-order valence-corrected chi connectivity index (χ3v) is 1.41. The third-order valence-electron chi connectivity index (χ3n) is 1.41. The first-order valence-corrected chi connectivity index (χ1v) is 3.90. The van der Waals surface area contributed by atoms with Crippen LogP contribution in [0.5, 0.6) is 5.88 Å². The summed E-state index contributed by atoms with van der Waals surface area (Å²) >= 11 is 0. The van der Waals surface area contributed by atoms with Crippen LogP contribution in [0.1, 0.15) is 6.42 Å². The molecule has 1 aromatic heterocycles. The zero-order valence-corrected chi connectivity index (χ0v) is 7.06. The summed E-state index contributed by atoms with van der Waals surface area (Å²) in [4.78, 5) is 7.49. The lowest BCUT2D eigenvalue weighted by molar-refractivity contribution is 0.292. The van der Waals surface area contributed by atoms with Gasteiger partial charge in [-0.05, 0) is 6.42 Å². The number of anilines is 2. The number of aliphatic hydroxyl groups is 1. The van der Waals surface area contributed by atoms with E-state index in [1.54, 1.807) is 0 Å². The van der Waals surface area contributed by atoms with E-state index in [0.717, 1.165) is 0 Å². The summed E-state index contributed by atoms with van der Waals surface area (Å²) in [5.74, 6) is 0.0710. The van der Waals surface area contributed by atoms with Crippen molar-refractivity contribution >= 4 is 11.6 Å². The fraction of sp³-hybridized carbons (Fsp3) is 0.429. The van der Waals surface area contributed by atoms with E-state index in [0.29, 0.717) is 18.9 Å². The molecule has 0 unspecified atom stereocenters. The fourth-order valence-corrected chi connectivity index (χ4v) is 0.747. The number of hydrogen-bond donors (Lipinski definition) is 4. The highest BCUT2D eigenvalue weighted by molar-refractivity contribution is 5.47. The number of nitrogens with two attached hydrogens (primary N) is 1. The molecule has 0 saturated heterocycles. The first-order valence-electron chi connectivity index (χ1n) is 3.90. The van der Waals surface area contributed by atoms with E-state index in [-0.39, 0.29) is 18.2 Å². The maximum atomic E-state index is 9.09. The van der Waals surface area contributed by atoms with E-state index in [9.17, 15) is 0 Å². The molecule has 0 aliphatic rings. The molecule has 0 atom stereocenters. The monoisotopic (exact) mass is 184 g/mol. The summed E-state index contributed by atoms with van der Waals surface area (Å²) in [6, 6.07) is 0. The van der Waals surface area contributed by atoms with Crippen LogP contribution in [0.15, 0.2) is 6.20 Å². The minimum absolute atomic E-state index is 0.105. The van der Waals surface area contributed by atoms with E-state index in [1.807, 2.05) is 0 Å². The number of hydrogen-bond acceptors (Lipinski definition) is 6. The lowest BCUT2D eigenvalue weighted by Gasteiger charge is -2.03. The topological polar surface area (TPSA) is 104 Å². The van der Waals surface area contributed by atoms with Crippen molar-refractivity contribution in [2.75, 3.05) is 24.2 Å². The van der Waals surface area contributed by atoms with E-state index in [1.165, 1.54) is 6.20 Å². The Kier molecular flexibility index (Phi) is 3.27. The molecule has 6 heteroatoms. The second-order valence-electron chi connectivity index (χ2n) is 2.48. The van der Waals surface area contributed by atoms with Gasteiger partial charge in [0.25, 0.3) is 0 Å². The van der Waals surface area contributed by atoms with Crippen molar-refractivity contribution in [3.63, 3.8) is 0 Å². The van der Waals surface area contributed by atoms with Gasteiger partial charge < -0.3 is 21.3 Å². The first-order chi connectivity index (χ1) is 6.24. The minimum Gasteiger partial charge on any atom is -0.492 e. The SMILES string of the molecule is Nc1cnc(NCCCO)nc1O. The highest BCUT2D eigenvalue weighted by atomic mass is 16.3. The highest BCUT2D eigenvalue weighted by Crippen LogP contribution is 2.15. The molecule has 1 heterocycles. The summed E-state index contributed by atoms with van der Waals surface area (Å²) < 4.78 is 0. The van der Waals surface area contributed by atoms with Gasteiger partial charge in [-0.2, -0.15) is 4.98 Å². The lowest BCUT2D eigenvalue weighted by atomic mass is 10.4.